The minimum absolute atomic E-state index is 0.329. The molecule has 0 atom stereocenters. The van der Waals surface area contributed by atoms with E-state index in [-0.39, 0.29) is 0 Å². The molecule has 0 saturated carbocycles. The molecule has 0 spiro atoms. The fraction of sp³-hybridized carbons (Fsp3) is 0.875. The molecule has 0 aromatic carbocycles. The van der Waals surface area contributed by atoms with Crippen molar-refractivity contribution >= 4 is 0 Å². The van der Waals surface area contributed by atoms with Crippen molar-refractivity contribution in [3.8, 4) is 0 Å². The van der Waals surface area contributed by atoms with E-state index in [2.05, 4.69) is 12.2 Å². The predicted molar refractivity (Wildman–Crippen MR) is 43.8 cm³/mol. The first kappa shape index (κ1) is 9.92. The summed E-state index contributed by atoms with van der Waals surface area (Å²) in [5.41, 5.74) is 0. The van der Waals surface area contributed by atoms with Crippen LogP contribution in [0.2, 0.25) is 0 Å². The van der Waals surface area contributed by atoms with Gasteiger partial charge in [0.05, 0.1) is 0 Å². The Bertz CT molecular complexity index is 49.2. The van der Waals surface area contributed by atoms with Crippen molar-refractivity contribution in [3.05, 3.63) is 6.92 Å². The number of nitrogens with one attached hydrogen (secondary N) is 1. The standard InChI is InChI=1S/C8H18NO/c1-2-6-9-7-4-3-5-8-10/h9-10H,1-8H2. The Morgan fingerprint density at radius 1 is 1.10 bits per heavy atom. The van der Waals surface area contributed by atoms with E-state index in [9.17, 15) is 0 Å². The minimum atomic E-state index is 0.329. The van der Waals surface area contributed by atoms with Crippen LogP contribution < -0.4 is 5.32 Å². The van der Waals surface area contributed by atoms with Crippen molar-refractivity contribution in [2.45, 2.75) is 25.7 Å². The average molecular weight is 144 g/mol. The lowest BCUT2D eigenvalue weighted by Gasteiger charge is -2.00. The third-order valence-corrected chi connectivity index (χ3v) is 1.37. The van der Waals surface area contributed by atoms with E-state index < -0.39 is 0 Å². The second-order valence-corrected chi connectivity index (χ2v) is 2.39. The van der Waals surface area contributed by atoms with Crippen molar-refractivity contribution < 1.29 is 5.11 Å². The molecule has 0 aliphatic carbocycles. The molecule has 61 valence electrons. The molecule has 0 fully saturated rings. The van der Waals surface area contributed by atoms with Gasteiger partial charge in [0.25, 0.3) is 0 Å². The van der Waals surface area contributed by atoms with E-state index in [0.29, 0.717) is 6.61 Å². The number of aliphatic hydroxyl groups excluding tert-OH is 1. The normalized spacial score (nSPS) is 10.2. The first-order valence-corrected chi connectivity index (χ1v) is 4.02. The van der Waals surface area contributed by atoms with Crippen LogP contribution in [0.4, 0.5) is 0 Å². The highest BCUT2D eigenvalue weighted by molar-refractivity contribution is 4.49. The third kappa shape index (κ3) is 7.92. The van der Waals surface area contributed by atoms with Crippen LogP contribution in [-0.2, 0) is 0 Å². The van der Waals surface area contributed by atoms with Gasteiger partial charge in [-0.1, -0.05) is 6.92 Å². The minimum Gasteiger partial charge on any atom is -0.396 e. The molecule has 0 aromatic heterocycles. The lowest BCUT2D eigenvalue weighted by Crippen LogP contribution is -2.15. The van der Waals surface area contributed by atoms with Gasteiger partial charge in [-0.15, -0.1) is 0 Å². The van der Waals surface area contributed by atoms with Crippen LogP contribution in [0, 0.1) is 6.92 Å². The summed E-state index contributed by atoms with van der Waals surface area (Å²) in [6.45, 7) is 6.12. The second-order valence-electron chi connectivity index (χ2n) is 2.39. The molecule has 0 amide bonds. The Labute approximate surface area is 63.6 Å². The molecule has 0 rings (SSSR count). The van der Waals surface area contributed by atoms with Crippen molar-refractivity contribution in [1.82, 2.24) is 5.32 Å². The van der Waals surface area contributed by atoms with E-state index in [0.717, 1.165) is 32.4 Å². The van der Waals surface area contributed by atoms with Crippen molar-refractivity contribution in [3.63, 3.8) is 0 Å². The number of hydrogen-bond donors (Lipinski definition) is 2. The van der Waals surface area contributed by atoms with E-state index in [1.807, 2.05) is 0 Å². The van der Waals surface area contributed by atoms with Gasteiger partial charge < -0.3 is 10.4 Å². The lowest BCUT2D eigenvalue weighted by molar-refractivity contribution is 0.283. The average Bonchev–Trinajstić information content (AvgIpc) is 1.97. The summed E-state index contributed by atoms with van der Waals surface area (Å²) in [5, 5.41) is 11.7. The van der Waals surface area contributed by atoms with Crippen LogP contribution in [0.3, 0.4) is 0 Å². The molecule has 1 radical (unpaired) electrons. The fourth-order valence-corrected chi connectivity index (χ4v) is 0.789. The topological polar surface area (TPSA) is 32.3 Å². The maximum Gasteiger partial charge on any atom is 0.0431 e. The van der Waals surface area contributed by atoms with Crippen LogP contribution in [0.1, 0.15) is 25.7 Å². The molecule has 0 aliphatic rings. The lowest BCUT2D eigenvalue weighted by atomic mass is 10.2. The van der Waals surface area contributed by atoms with Gasteiger partial charge in [0, 0.05) is 6.61 Å². The van der Waals surface area contributed by atoms with Gasteiger partial charge in [-0.05, 0) is 38.8 Å². The predicted octanol–water partition coefficient (Wildman–Crippen LogP) is 0.963. The Balaban J connectivity index is 2.65. The number of hydrogen-bond acceptors (Lipinski definition) is 2. The van der Waals surface area contributed by atoms with Gasteiger partial charge >= 0.3 is 0 Å². The van der Waals surface area contributed by atoms with E-state index in [1.165, 1.54) is 6.42 Å². The molecule has 0 aliphatic heterocycles. The zero-order valence-corrected chi connectivity index (χ0v) is 6.60. The molecule has 0 aromatic rings. The highest BCUT2D eigenvalue weighted by atomic mass is 16.2. The molecule has 0 saturated heterocycles. The smallest absolute Gasteiger partial charge is 0.0431 e. The first-order valence-electron chi connectivity index (χ1n) is 4.02. The summed E-state index contributed by atoms with van der Waals surface area (Å²) in [5.74, 6) is 0. The Kier molecular flexibility index (Phi) is 8.85. The largest absolute Gasteiger partial charge is 0.396 e. The molecule has 2 N–H and O–H groups in total. The summed E-state index contributed by atoms with van der Waals surface area (Å²) in [6.07, 6.45) is 4.19. The van der Waals surface area contributed by atoms with Gasteiger partial charge in [0.2, 0.25) is 0 Å². The number of rotatable bonds is 7. The highest BCUT2D eigenvalue weighted by Crippen LogP contribution is 1.91. The Morgan fingerprint density at radius 3 is 2.50 bits per heavy atom. The van der Waals surface area contributed by atoms with E-state index in [4.69, 9.17) is 5.11 Å². The van der Waals surface area contributed by atoms with Crippen molar-refractivity contribution in [2.75, 3.05) is 19.7 Å². The monoisotopic (exact) mass is 144 g/mol. The maximum atomic E-state index is 8.44. The van der Waals surface area contributed by atoms with E-state index in [1.54, 1.807) is 0 Å². The fourth-order valence-electron chi connectivity index (χ4n) is 0.789. The number of unbranched alkanes of at least 4 members (excludes halogenated alkanes) is 2. The van der Waals surface area contributed by atoms with Crippen molar-refractivity contribution in [2.24, 2.45) is 0 Å². The Morgan fingerprint density at radius 2 is 1.90 bits per heavy atom. The van der Waals surface area contributed by atoms with Crippen LogP contribution in [0.15, 0.2) is 0 Å². The molecule has 0 unspecified atom stereocenters. The number of aliphatic hydroxyl groups is 1. The van der Waals surface area contributed by atoms with Gasteiger partial charge in [-0.25, -0.2) is 0 Å². The third-order valence-electron chi connectivity index (χ3n) is 1.37. The molecular formula is C8H18NO. The van der Waals surface area contributed by atoms with Crippen LogP contribution in [0.25, 0.3) is 0 Å². The second kappa shape index (κ2) is 8.92. The first-order chi connectivity index (χ1) is 4.91. The maximum absolute atomic E-state index is 8.44. The zero-order valence-electron chi connectivity index (χ0n) is 6.60. The van der Waals surface area contributed by atoms with Crippen LogP contribution in [0.5, 0.6) is 0 Å². The molecule has 2 nitrogen and oxygen atoms in total. The van der Waals surface area contributed by atoms with Gasteiger partial charge in [0.15, 0.2) is 0 Å². The summed E-state index contributed by atoms with van der Waals surface area (Å²) >= 11 is 0. The molecule has 2 heteroatoms. The summed E-state index contributed by atoms with van der Waals surface area (Å²) < 4.78 is 0. The van der Waals surface area contributed by atoms with E-state index >= 15 is 0 Å². The Hall–Kier alpha value is -0.0800. The molecular weight excluding hydrogens is 126 g/mol. The zero-order chi connectivity index (χ0) is 7.66. The molecule has 0 heterocycles. The van der Waals surface area contributed by atoms with Crippen LogP contribution in [-0.4, -0.2) is 24.8 Å². The van der Waals surface area contributed by atoms with Gasteiger partial charge in [0.1, 0.15) is 0 Å². The summed E-state index contributed by atoms with van der Waals surface area (Å²) in [4.78, 5) is 0. The van der Waals surface area contributed by atoms with Gasteiger partial charge in [-0.2, -0.15) is 0 Å². The van der Waals surface area contributed by atoms with Gasteiger partial charge in [-0.3, -0.25) is 0 Å². The molecule has 10 heavy (non-hydrogen) atoms. The summed E-state index contributed by atoms with van der Waals surface area (Å²) in [7, 11) is 0. The van der Waals surface area contributed by atoms with Crippen molar-refractivity contribution in [1.29, 1.82) is 0 Å². The van der Waals surface area contributed by atoms with Crippen LogP contribution >= 0.6 is 0 Å². The quantitative estimate of drug-likeness (QED) is 0.522. The SMILES string of the molecule is [CH2]CCNCCCCCO. The summed E-state index contributed by atoms with van der Waals surface area (Å²) in [6, 6.07) is 0. The molecule has 0 bridgehead atoms. The highest BCUT2D eigenvalue weighted by Gasteiger charge is 1.86.